The van der Waals surface area contributed by atoms with E-state index in [0.29, 0.717) is 18.5 Å². The molecule has 1 N–H and O–H groups in total. The van der Waals surface area contributed by atoms with Crippen molar-refractivity contribution < 1.29 is 17.6 Å². The second kappa shape index (κ2) is 9.04. The van der Waals surface area contributed by atoms with Gasteiger partial charge in [0.1, 0.15) is 10.8 Å². The summed E-state index contributed by atoms with van der Waals surface area (Å²) in [6, 6.07) is 10.8. The Morgan fingerprint density at radius 3 is 2.48 bits per heavy atom. The van der Waals surface area contributed by atoms with Gasteiger partial charge in [-0.15, -0.1) is 11.3 Å². The lowest BCUT2D eigenvalue weighted by atomic mass is 9.97. The Hall–Kier alpha value is -2.33. The molecule has 1 aromatic heterocycles. The Kier molecular flexibility index (Phi) is 6.38. The largest absolute Gasteiger partial charge is 0.326 e. The zero-order valence-corrected chi connectivity index (χ0v) is 18.7. The number of carbonyl (C=O) groups excluding carboxylic acids is 1. The van der Waals surface area contributed by atoms with Gasteiger partial charge in [-0.05, 0) is 55.3 Å². The van der Waals surface area contributed by atoms with Gasteiger partial charge >= 0.3 is 0 Å². The summed E-state index contributed by atoms with van der Waals surface area (Å²) in [6.07, 6.45) is 2.54. The SMILES string of the molecule is O=C(Nc1ccc(-c2nccs2)cc1)C1CCN(S(=O)(=O)c2ccc(F)c(Cl)c2)CC1. The van der Waals surface area contributed by atoms with Crippen LogP contribution in [-0.4, -0.2) is 36.7 Å². The standard InChI is InChI=1S/C21H19ClFN3O3S2/c22-18-13-17(5-6-19(18)23)31(28,29)26-10-7-14(8-11-26)20(27)25-16-3-1-15(2-4-16)21-24-9-12-30-21/h1-6,9,12-14H,7-8,10-11H2,(H,25,27). The maximum atomic E-state index is 13.4. The number of amides is 1. The first-order chi connectivity index (χ1) is 14.8. The molecule has 6 nitrogen and oxygen atoms in total. The van der Waals surface area contributed by atoms with Crippen LogP contribution in [0.5, 0.6) is 0 Å². The van der Waals surface area contributed by atoms with E-state index >= 15 is 0 Å². The molecule has 1 amide bonds. The van der Waals surface area contributed by atoms with E-state index in [4.69, 9.17) is 11.6 Å². The van der Waals surface area contributed by atoms with Crippen LogP contribution in [0.4, 0.5) is 10.1 Å². The number of nitrogens with one attached hydrogen (secondary N) is 1. The second-order valence-electron chi connectivity index (χ2n) is 7.16. The molecule has 0 bridgehead atoms. The number of rotatable bonds is 5. The van der Waals surface area contributed by atoms with Crippen molar-refractivity contribution in [3.05, 3.63) is 64.9 Å². The average Bonchev–Trinajstić information content (AvgIpc) is 3.31. The number of nitrogens with zero attached hydrogens (tertiary/aromatic N) is 2. The molecule has 0 aliphatic carbocycles. The normalized spacial score (nSPS) is 15.7. The van der Waals surface area contributed by atoms with Crippen molar-refractivity contribution in [1.82, 2.24) is 9.29 Å². The van der Waals surface area contributed by atoms with E-state index in [0.717, 1.165) is 22.7 Å². The minimum atomic E-state index is -3.79. The third-order valence-electron chi connectivity index (χ3n) is 5.19. The Morgan fingerprint density at radius 2 is 1.87 bits per heavy atom. The summed E-state index contributed by atoms with van der Waals surface area (Å²) >= 11 is 7.27. The third kappa shape index (κ3) is 4.79. The van der Waals surface area contributed by atoms with Crippen LogP contribution in [0, 0.1) is 11.7 Å². The minimum absolute atomic E-state index is 0.0536. The number of halogens is 2. The third-order valence-corrected chi connectivity index (χ3v) is 8.19. The summed E-state index contributed by atoms with van der Waals surface area (Å²) in [6.45, 7) is 0.413. The summed E-state index contributed by atoms with van der Waals surface area (Å²) in [5.41, 5.74) is 1.66. The van der Waals surface area contributed by atoms with Crippen molar-refractivity contribution in [2.45, 2.75) is 17.7 Å². The topological polar surface area (TPSA) is 79.4 Å². The van der Waals surface area contributed by atoms with Gasteiger partial charge in [-0.1, -0.05) is 11.6 Å². The molecule has 2 aromatic carbocycles. The van der Waals surface area contributed by atoms with E-state index in [1.165, 1.54) is 10.4 Å². The number of benzene rings is 2. The van der Waals surface area contributed by atoms with Gasteiger partial charge in [-0.2, -0.15) is 4.31 Å². The quantitative estimate of drug-likeness (QED) is 0.578. The fourth-order valence-corrected chi connectivity index (χ4v) is 5.84. The average molecular weight is 480 g/mol. The van der Waals surface area contributed by atoms with E-state index in [2.05, 4.69) is 10.3 Å². The molecule has 1 saturated heterocycles. The number of piperidine rings is 1. The minimum Gasteiger partial charge on any atom is -0.326 e. The van der Waals surface area contributed by atoms with Gasteiger partial charge in [0.05, 0.1) is 9.92 Å². The molecule has 3 aromatic rings. The van der Waals surface area contributed by atoms with Crippen molar-refractivity contribution in [3.8, 4) is 10.6 Å². The number of thiazole rings is 1. The maximum absolute atomic E-state index is 13.4. The van der Waals surface area contributed by atoms with Crippen LogP contribution in [0.25, 0.3) is 10.6 Å². The Labute approximate surface area is 188 Å². The molecule has 162 valence electrons. The van der Waals surface area contributed by atoms with Gasteiger partial charge in [0.15, 0.2) is 0 Å². The van der Waals surface area contributed by atoms with Gasteiger partial charge in [0.2, 0.25) is 15.9 Å². The number of aromatic nitrogens is 1. The first-order valence-corrected chi connectivity index (χ1v) is 12.3. The lowest BCUT2D eigenvalue weighted by Gasteiger charge is -2.30. The molecule has 2 heterocycles. The lowest BCUT2D eigenvalue weighted by Crippen LogP contribution is -2.41. The van der Waals surface area contributed by atoms with Gasteiger partial charge in [0.25, 0.3) is 0 Å². The Morgan fingerprint density at radius 1 is 1.16 bits per heavy atom. The van der Waals surface area contributed by atoms with Crippen LogP contribution in [0.3, 0.4) is 0 Å². The smallest absolute Gasteiger partial charge is 0.243 e. The van der Waals surface area contributed by atoms with Crippen LogP contribution in [-0.2, 0) is 14.8 Å². The molecule has 1 aliphatic rings. The summed E-state index contributed by atoms with van der Waals surface area (Å²) in [5.74, 6) is -1.10. The second-order valence-corrected chi connectivity index (χ2v) is 10.4. The van der Waals surface area contributed by atoms with Crippen molar-refractivity contribution in [2.75, 3.05) is 18.4 Å². The van der Waals surface area contributed by atoms with Crippen molar-refractivity contribution in [2.24, 2.45) is 5.92 Å². The van der Waals surface area contributed by atoms with Crippen LogP contribution in [0.2, 0.25) is 5.02 Å². The Bertz CT molecular complexity index is 1180. The van der Waals surface area contributed by atoms with Crippen LogP contribution < -0.4 is 5.32 Å². The number of hydrogen-bond donors (Lipinski definition) is 1. The summed E-state index contributed by atoms with van der Waals surface area (Å²) in [5, 5.41) is 5.48. The van der Waals surface area contributed by atoms with Gasteiger partial charge in [0, 0.05) is 41.8 Å². The van der Waals surface area contributed by atoms with E-state index < -0.39 is 15.8 Å². The zero-order chi connectivity index (χ0) is 22.0. The molecule has 31 heavy (non-hydrogen) atoms. The highest BCUT2D eigenvalue weighted by Crippen LogP contribution is 2.28. The highest BCUT2D eigenvalue weighted by molar-refractivity contribution is 7.89. The predicted molar refractivity (Wildman–Crippen MR) is 119 cm³/mol. The highest BCUT2D eigenvalue weighted by Gasteiger charge is 2.32. The number of anilines is 1. The number of sulfonamides is 1. The molecule has 1 fully saturated rings. The van der Waals surface area contributed by atoms with Crippen LogP contribution in [0.15, 0.2) is 58.9 Å². The highest BCUT2D eigenvalue weighted by atomic mass is 35.5. The molecule has 0 spiro atoms. The maximum Gasteiger partial charge on any atom is 0.243 e. The fourth-order valence-electron chi connectivity index (χ4n) is 3.45. The van der Waals surface area contributed by atoms with Gasteiger partial charge in [-0.3, -0.25) is 4.79 Å². The molecule has 0 radical (unpaired) electrons. The fraction of sp³-hybridized carbons (Fsp3) is 0.238. The number of carbonyl (C=O) groups is 1. The monoisotopic (exact) mass is 479 g/mol. The lowest BCUT2D eigenvalue weighted by molar-refractivity contribution is -0.120. The Balaban J connectivity index is 1.36. The first kappa shape index (κ1) is 21.9. The molecule has 0 unspecified atom stereocenters. The van der Waals surface area contributed by atoms with Crippen molar-refractivity contribution in [3.63, 3.8) is 0 Å². The molecule has 1 aliphatic heterocycles. The van der Waals surface area contributed by atoms with Gasteiger partial charge < -0.3 is 5.32 Å². The molecule has 10 heteroatoms. The molecule has 4 rings (SSSR count). The van der Waals surface area contributed by atoms with E-state index in [1.54, 1.807) is 17.5 Å². The summed E-state index contributed by atoms with van der Waals surface area (Å²) < 4.78 is 40.2. The van der Waals surface area contributed by atoms with Gasteiger partial charge in [-0.25, -0.2) is 17.8 Å². The molecule has 0 saturated carbocycles. The molecular weight excluding hydrogens is 461 g/mol. The summed E-state index contributed by atoms with van der Waals surface area (Å²) in [7, 11) is -3.79. The van der Waals surface area contributed by atoms with E-state index in [9.17, 15) is 17.6 Å². The molecule has 0 atom stereocenters. The number of hydrogen-bond acceptors (Lipinski definition) is 5. The van der Waals surface area contributed by atoms with Crippen LogP contribution >= 0.6 is 22.9 Å². The zero-order valence-electron chi connectivity index (χ0n) is 16.3. The van der Waals surface area contributed by atoms with E-state index in [-0.39, 0.29) is 34.8 Å². The predicted octanol–water partition coefficient (Wildman–Crippen LogP) is 4.64. The van der Waals surface area contributed by atoms with Crippen LogP contribution in [0.1, 0.15) is 12.8 Å². The van der Waals surface area contributed by atoms with E-state index in [1.807, 2.05) is 29.6 Å². The first-order valence-electron chi connectivity index (χ1n) is 9.60. The van der Waals surface area contributed by atoms with Crippen molar-refractivity contribution >= 4 is 44.6 Å². The van der Waals surface area contributed by atoms with Crippen molar-refractivity contribution in [1.29, 1.82) is 0 Å². The summed E-state index contributed by atoms with van der Waals surface area (Å²) in [4.78, 5) is 16.8. The molecular formula is C21H19ClFN3O3S2.